The number of rotatable bonds is 3. The van der Waals surface area contributed by atoms with Crippen molar-refractivity contribution in [3.8, 4) is 18.1 Å². The van der Waals surface area contributed by atoms with Gasteiger partial charge in [-0.15, -0.1) is 6.42 Å². The van der Waals surface area contributed by atoms with Crippen LogP contribution in [0.25, 0.3) is 0 Å². The number of carbonyl (C=O) groups is 2. The zero-order valence-electron chi connectivity index (χ0n) is 16.7. The second kappa shape index (κ2) is 8.34. The molecule has 0 N–H and O–H groups in total. The molecule has 1 unspecified atom stereocenters. The maximum Gasteiger partial charge on any atom is 0.414 e. The molecule has 0 saturated heterocycles. The Morgan fingerprint density at radius 1 is 1.26 bits per heavy atom. The van der Waals surface area contributed by atoms with Gasteiger partial charge < -0.3 is 14.4 Å². The van der Waals surface area contributed by atoms with Crippen molar-refractivity contribution < 1.29 is 19.1 Å². The van der Waals surface area contributed by atoms with E-state index in [0.717, 1.165) is 30.4 Å². The highest BCUT2D eigenvalue weighted by Gasteiger charge is 2.32. The number of nitrogens with zero attached hydrogens (tertiary/aromatic N) is 2. The molecule has 1 atom stereocenters. The molecule has 6 nitrogen and oxygen atoms in total. The second-order valence-corrected chi connectivity index (χ2v) is 7.84. The number of fused-ring (bicyclic) bond motifs is 1. The highest BCUT2D eigenvalue weighted by molar-refractivity contribution is 5.71. The van der Waals surface area contributed by atoms with Crippen molar-refractivity contribution in [2.75, 3.05) is 20.6 Å². The van der Waals surface area contributed by atoms with E-state index in [1.54, 1.807) is 25.1 Å². The van der Waals surface area contributed by atoms with Gasteiger partial charge in [-0.25, -0.2) is 9.59 Å². The van der Waals surface area contributed by atoms with E-state index >= 15 is 0 Å². The van der Waals surface area contributed by atoms with Crippen LogP contribution in [0.15, 0.2) is 18.2 Å². The number of amides is 2. The number of hydrogen-bond donors (Lipinski definition) is 0. The van der Waals surface area contributed by atoms with E-state index < -0.39 is 17.8 Å². The van der Waals surface area contributed by atoms with Gasteiger partial charge in [-0.05, 0) is 63.3 Å². The first-order chi connectivity index (χ1) is 12.6. The van der Waals surface area contributed by atoms with Gasteiger partial charge in [-0.1, -0.05) is 12.0 Å². The van der Waals surface area contributed by atoms with Crippen LogP contribution in [0, 0.1) is 12.3 Å². The minimum absolute atomic E-state index is 0.154. The largest absolute Gasteiger partial charge is 0.444 e. The van der Waals surface area contributed by atoms with Gasteiger partial charge in [-0.2, -0.15) is 0 Å². The third-order valence-electron chi connectivity index (χ3n) is 4.24. The molecule has 1 aliphatic rings. The Morgan fingerprint density at radius 2 is 1.96 bits per heavy atom. The SMILES string of the molecule is C#CCN(C(=O)OC(C)(C)C)C1CCCc2ccc(OC(=O)N(C)C)cc21. The molecule has 0 heterocycles. The second-order valence-electron chi connectivity index (χ2n) is 7.84. The Labute approximate surface area is 161 Å². The Kier molecular flexibility index (Phi) is 6.37. The molecule has 1 aliphatic carbocycles. The van der Waals surface area contributed by atoms with E-state index in [2.05, 4.69) is 5.92 Å². The van der Waals surface area contributed by atoms with Crippen molar-refractivity contribution in [3.63, 3.8) is 0 Å². The van der Waals surface area contributed by atoms with E-state index in [0.29, 0.717) is 5.75 Å². The summed E-state index contributed by atoms with van der Waals surface area (Å²) in [5, 5.41) is 0. The molecule has 1 aromatic rings. The summed E-state index contributed by atoms with van der Waals surface area (Å²) in [6.45, 7) is 5.63. The standard InChI is InChI=1S/C21H28N2O4/c1-7-13-23(20(25)27-21(2,3)4)18-10-8-9-15-11-12-16(14-17(15)18)26-19(24)22(5)6/h1,11-12,14,18H,8-10,13H2,2-6H3. The Balaban J connectivity index is 2.34. The van der Waals surface area contributed by atoms with Gasteiger partial charge in [0.25, 0.3) is 0 Å². The first kappa shape index (κ1) is 20.6. The number of hydrogen-bond acceptors (Lipinski definition) is 4. The monoisotopic (exact) mass is 372 g/mol. The van der Waals surface area contributed by atoms with Gasteiger partial charge in [0.2, 0.25) is 0 Å². The molecule has 0 radical (unpaired) electrons. The quantitative estimate of drug-likeness (QED) is 0.753. The van der Waals surface area contributed by atoms with Crippen LogP contribution in [0.2, 0.25) is 0 Å². The molecule has 2 amide bonds. The zero-order valence-corrected chi connectivity index (χ0v) is 16.7. The fourth-order valence-corrected chi connectivity index (χ4v) is 3.05. The van der Waals surface area contributed by atoms with E-state index in [4.69, 9.17) is 15.9 Å². The molecule has 27 heavy (non-hydrogen) atoms. The van der Waals surface area contributed by atoms with Crippen LogP contribution in [-0.4, -0.2) is 48.2 Å². The third kappa shape index (κ3) is 5.40. The summed E-state index contributed by atoms with van der Waals surface area (Å²) in [5.74, 6) is 3.01. The van der Waals surface area contributed by atoms with Crippen LogP contribution in [0.5, 0.6) is 5.75 Å². The fraction of sp³-hybridized carbons (Fsp3) is 0.524. The molecule has 6 heteroatoms. The van der Waals surface area contributed by atoms with Crippen molar-refractivity contribution in [1.82, 2.24) is 9.80 Å². The van der Waals surface area contributed by atoms with Crippen molar-refractivity contribution in [1.29, 1.82) is 0 Å². The molecule has 2 rings (SSSR count). The summed E-state index contributed by atoms with van der Waals surface area (Å²) in [4.78, 5) is 27.5. The number of aryl methyl sites for hydroxylation is 1. The highest BCUT2D eigenvalue weighted by atomic mass is 16.6. The average molecular weight is 372 g/mol. The van der Waals surface area contributed by atoms with Crippen molar-refractivity contribution >= 4 is 12.2 Å². The van der Waals surface area contributed by atoms with E-state index in [9.17, 15) is 9.59 Å². The Bertz CT molecular complexity index is 744. The molecule has 0 fully saturated rings. The molecule has 0 saturated carbocycles. The molecular formula is C21H28N2O4. The van der Waals surface area contributed by atoms with E-state index in [1.165, 1.54) is 4.90 Å². The summed E-state index contributed by atoms with van der Waals surface area (Å²) in [7, 11) is 3.25. The van der Waals surface area contributed by atoms with Crippen LogP contribution in [0.4, 0.5) is 9.59 Å². The minimum Gasteiger partial charge on any atom is -0.444 e. The van der Waals surface area contributed by atoms with Crippen LogP contribution < -0.4 is 4.74 Å². The number of terminal acetylenes is 1. The lowest BCUT2D eigenvalue weighted by Crippen LogP contribution is -2.40. The molecule has 146 valence electrons. The summed E-state index contributed by atoms with van der Waals surface area (Å²) in [6, 6.07) is 5.34. The van der Waals surface area contributed by atoms with Gasteiger partial charge in [0.05, 0.1) is 12.6 Å². The first-order valence-corrected chi connectivity index (χ1v) is 9.07. The fourth-order valence-electron chi connectivity index (χ4n) is 3.05. The van der Waals surface area contributed by atoms with Gasteiger partial charge in [0.15, 0.2) is 0 Å². The van der Waals surface area contributed by atoms with E-state index in [-0.39, 0.29) is 12.6 Å². The smallest absolute Gasteiger partial charge is 0.414 e. The highest BCUT2D eigenvalue weighted by Crippen LogP contribution is 2.37. The topological polar surface area (TPSA) is 59.1 Å². The van der Waals surface area contributed by atoms with Crippen molar-refractivity contribution in [2.24, 2.45) is 0 Å². The van der Waals surface area contributed by atoms with Gasteiger partial charge in [0.1, 0.15) is 11.4 Å². The summed E-state index contributed by atoms with van der Waals surface area (Å²) >= 11 is 0. The van der Waals surface area contributed by atoms with Gasteiger partial charge >= 0.3 is 12.2 Å². The lowest BCUT2D eigenvalue weighted by Gasteiger charge is -2.36. The predicted octanol–water partition coefficient (Wildman–Crippen LogP) is 3.99. The minimum atomic E-state index is -0.607. The number of benzene rings is 1. The van der Waals surface area contributed by atoms with Crippen LogP contribution in [0.3, 0.4) is 0 Å². The average Bonchev–Trinajstić information content (AvgIpc) is 2.57. The number of ether oxygens (including phenoxy) is 2. The third-order valence-corrected chi connectivity index (χ3v) is 4.24. The maximum atomic E-state index is 12.7. The zero-order chi connectivity index (χ0) is 20.2. The molecule has 0 aromatic heterocycles. The van der Waals surface area contributed by atoms with Crippen LogP contribution in [0.1, 0.15) is 50.8 Å². The van der Waals surface area contributed by atoms with E-state index in [1.807, 2.05) is 32.9 Å². The van der Waals surface area contributed by atoms with Crippen LogP contribution in [-0.2, 0) is 11.2 Å². The predicted molar refractivity (Wildman–Crippen MR) is 104 cm³/mol. The molecule has 1 aromatic carbocycles. The molecular weight excluding hydrogens is 344 g/mol. The summed E-state index contributed by atoms with van der Waals surface area (Å²) < 4.78 is 10.9. The normalized spacial score (nSPS) is 15.9. The Morgan fingerprint density at radius 3 is 2.56 bits per heavy atom. The van der Waals surface area contributed by atoms with Gasteiger partial charge in [-0.3, -0.25) is 4.90 Å². The van der Waals surface area contributed by atoms with Crippen molar-refractivity contribution in [2.45, 2.75) is 51.7 Å². The lowest BCUT2D eigenvalue weighted by atomic mass is 9.86. The lowest BCUT2D eigenvalue weighted by molar-refractivity contribution is 0.0173. The van der Waals surface area contributed by atoms with Crippen molar-refractivity contribution in [3.05, 3.63) is 29.3 Å². The molecule has 0 bridgehead atoms. The Hall–Kier alpha value is -2.68. The van der Waals surface area contributed by atoms with Gasteiger partial charge in [0, 0.05) is 14.1 Å². The molecule has 0 spiro atoms. The summed E-state index contributed by atoms with van der Waals surface area (Å²) in [5.41, 5.74) is 1.47. The first-order valence-electron chi connectivity index (χ1n) is 9.07. The maximum absolute atomic E-state index is 12.7. The molecule has 0 aliphatic heterocycles. The number of carbonyl (C=O) groups excluding carboxylic acids is 2. The summed E-state index contributed by atoms with van der Waals surface area (Å²) in [6.07, 6.45) is 7.26. The van der Waals surface area contributed by atoms with Crippen LogP contribution >= 0.6 is 0 Å².